The molecule has 0 aliphatic carbocycles. The van der Waals surface area contributed by atoms with E-state index in [2.05, 4.69) is 41.5 Å². The molecule has 1 N–H and O–H groups in total. The molecule has 1 amide bonds. The summed E-state index contributed by atoms with van der Waals surface area (Å²) in [5.41, 5.74) is 3.23. The Morgan fingerprint density at radius 1 is 1.35 bits per heavy atom. The van der Waals surface area contributed by atoms with Crippen molar-refractivity contribution in [2.75, 3.05) is 19.8 Å². The molecular formula is C18H22N2O2S. The third kappa shape index (κ3) is 4.18. The highest BCUT2D eigenvalue weighted by Crippen LogP contribution is 2.28. The van der Waals surface area contributed by atoms with E-state index in [0.717, 1.165) is 40.8 Å². The maximum Gasteiger partial charge on any atom is 0.225 e. The molecule has 1 atom stereocenters. The topological polar surface area (TPSA) is 51.2 Å². The maximum absolute atomic E-state index is 12.2. The van der Waals surface area contributed by atoms with Gasteiger partial charge in [0, 0.05) is 29.5 Å². The summed E-state index contributed by atoms with van der Waals surface area (Å²) in [4.78, 5) is 17.9. The van der Waals surface area contributed by atoms with Crippen molar-refractivity contribution in [1.29, 1.82) is 0 Å². The van der Waals surface area contributed by atoms with Crippen molar-refractivity contribution in [3.05, 3.63) is 39.7 Å². The Bertz CT molecular complexity index is 673. The van der Waals surface area contributed by atoms with Gasteiger partial charge in [-0.3, -0.25) is 4.79 Å². The lowest BCUT2D eigenvalue weighted by molar-refractivity contribution is -0.120. The van der Waals surface area contributed by atoms with Gasteiger partial charge in [0.25, 0.3) is 0 Å². The van der Waals surface area contributed by atoms with Gasteiger partial charge in [0.15, 0.2) is 0 Å². The Morgan fingerprint density at radius 2 is 2.13 bits per heavy atom. The van der Waals surface area contributed by atoms with Crippen LogP contribution in [0.3, 0.4) is 0 Å². The Hall–Kier alpha value is -1.72. The van der Waals surface area contributed by atoms with E-state index in [1.807, 2.05) is 6.92 Å². The number of rotatable bonds is 5. The molecule has 0 bridgehead atoms. The summed E-state index contributed by atoms with van der Waals surface area (Å²) in [5.74, 6) is 0.521. The van der Waals surface area contributed by atoms with Crippen LogP contribution in [0.4, 0.5) is 0 Å². The van der Waals surface area contributed by atoms with E-state index < -0.39 is 0 Å². The van der Waals surface area contributed by atoms with E-state index in [9.17, 15) is 4.79 Å². The van der Waals surface area contributed by atoms with Crippen LogP contribution in [0, 0.1) is 19.8 Å². The summed E-state index contributed by atoms with van der Waals surface area (Å²) in [7, 11) is 0. The Kier molecular flexibility index (Phi) is 5.08. The van der Waals surface area contributed by atoms with Crippen molar-refractivity contribution < 1.29 is 9.53 Å². The molecule has 1 saturated heterocycles. The molecule has 0 spiro atoms. The van der Waals surface area contributed by atoms with Crippen LogP contribution in [-0.2, 0) is 16.0 Å². The van der Waals surface area contributed by atoms with Crippen molar-refractivity contribution in [3.8, 4) is 11.3 Å². The van der Waals surface area contributed by atoms with E-state index in [4.69, 9.17) is 4.74 Å². The average molecular weight is 330 g/mol. The number of benzene rings is 1. The minimum atomic E-state index is 0.0638. The molecule has 0 saturated carbocycles. The normalized spacial score (nSPS) is 17.4. The monoisotopic (exact) mass is 330 g/mol. The maximum atomic E-state index is 12.2. The van der Waals surface area contributed by atoms with Gasteiger partial charge in [-0.25, -0.2) is 4.98 Å². The van der Waals surface area contributed by atoms with E-state index in [0.29, 0.717) is 18.9 Å². The van der Waals surface area contributed by atoms with Crippen LogP contribution in [-0.4, -0.2) is 30.6 Å². The molecule has 1 aromatic carbocycles. The highest BCUT2D eigenvalue weighted by Gasteiger charge is 2.18. The molecule has 2 aromatic rings. The van der Waals surface area contributed by atoms with Gasteiger partial charge in [0.1, 0.15) is 0 Å². The minimum Gasteiger partial charge on any atom is -0.381 e. The SMILES string of the molecule is Cc1ccc(-c2nc(C)sc2CC(=O)NC[C@H]2CCOC2)cc1. The fourth-order valence-electron chi connectivity index (χ4n) is 2.74. The number of aryl methyl sites for hydroxylation is 2. The number of thiazole rings is 1. The minimum absolute atomic E-state index is 0.0638. The highest BCUT2D eigenvalue weighted by molar-refractivity contribution is 7.12. The highest BCUT2D eigenvalue weighted by atomic mass is 32.1. The molecule has 0 radical (unpaired) electrons. The van der Waals surface area contributed by atoms with Crippen molar-refractivity contribution in [2.24, 2.45) is 5.92 Å². The zero-order valence-electron chi connectivity index (χ0n) is 13.6. The number of amides is 1. The number of ether oxygens (including phenoxy) is 1. The molecular weight excluding hydrogens is 308 g/mol. The first-order valence-electron chi connectivity index (χ1n) is 7.99. The van der Waals surface area contributed by atoms with Crippen molar-refractivity contribution in [1.82, 2.24) is 10.3 Å². The molecule has 5 heteroatoms. The average Bonchev–Trinajstić information content (AvgIpc) is 3.16. The first kappa shape index (κ1) is 16.1. The molecule has 1 aliphatic heterocycles. The molecule has 2 heterocycles. The molecule has 122 valence electrons. The summed E-state index contributed by atoms with van der Waals surface area (Å²) in [6.07, 6.45) is 1.43. The van der Waals surface area contributed by atoms with E-state index in [1.54, 1.807) is 11.3 Å². The smallest absolute Gasteiger partial charge is 0.225 e. The van der Waals surface area contributed by atoms with Crippen LogP contribution in [0.1, 0.15) is 21.9 Å². The molecule has 1 fully saturated rings. The van der Waals surface area contributed by atoms with Crippen LogP contribution in [0.25, 0.3) is 11.3 Å². The zero-order valence-corrected chi connectivity index (χ0v) is 14.4. The Balaban J connectivity index is 1.67. The third-order valence-electron chi connectivity index (χ3n) is 4.06. The first-order valence-corrected chi connectivity index (χ1v) is 8.81. The van der Waals surface area contributed by atoms with Gasteiger partial charge < -0.3 is 10.1 Å². The lowest BCUT2D eigenvalue weighted by Crippen LogP contribution is -2.30. The second kappa shape index (κ2) is 7.23. The summed E-state index contributed by atoms with van der Waals surface area (Å²) >= 11 is 1.60. The molecule has 3 rings (SSSR count). The van der Waals surface area contributed by atoms with E-state index in [-0.39, 0.29) is 5.91 Å². The van der Waals surface area contributed by atoms with Crippen LogP contribution < -0.4 is 5.32 Å². The Morgan fingerprint density at radius 3 is 2.83 bits per heavy atom. The predicted octanol–water partition coefficient (Wildman–Crippen LogP) is 3.12. The summed E-state index contributed by atoms with van der Waals surface area (Å²) in [5, 5.41) is 4.02. The third-order valence-corrected chi connectivity index (χ3v) is 5.03. The molecule has 23 heavy (non-hydrogen) atoms. The first-order chi connectivity index (χ1) is 11.1. The van der Waals surface area contributed by atoms with Gasteiger partial charge in [0.05, 0.1) is 23.7 Å². The number of aromatic nitrogens is 1. The predicted molar refractivity (Wildman–Crippen MR) is 92.7 cm³/mol. The van der Waals surface area contributed by atoms with Gasteiger partial charge in [-0.05, 0) is 20.3 Å². The molecule has 4 nitrogen and oxygen atoms in total. The Labute approximate surface area is 140 Å². The van der Waals surface area contributed by atoms with Gasteiger partial charge in [-0.2, -0.15) is 0 Å². The zero-order chi connectivity index (χ0) is 16.2. The second-order valence-corrected chi connectivity index (χ2v) is 7.37. The van der Waals surface area contributed by atoms with Gasteiger partial charge in [-0.1, -0.05) is 29.8 Å². The number of hydrogen-bond donors (Lipinski definition) is 1. The second-order valence-electron chi connectivity index (χ2n) is 6.08. The summed E-state index contributed by atoms with van der Waals surface area (Å²) in [6.45, 7) is 6.33. The number of carbonyl (C=O) groups is 1. The summed E-state index contributed by atoms with van der Waals surface area (Å²) < 4.78 is 5.34. The van der Waals surface area contributed by atoms with Gasteiger partial charge >= 0.3 is 0 Å². The summed E-state index contributed by atoms with van der Waals surface area (Å²) in [6, 6.07) is 8.30. The fourth-order valence-corrected chi connectivity index (χ4v) is 3.69. The van der Waals surface area contributed by atoms with Gasteiger partial charge in [-0.15, -0.1) is 11.3 Å². The number of nitrogens with zero attached hydrogens (tertiary/aromatic N) is 1. The van der Waals surface area contributed by atoms with Crippen LogP contribution in [0.15, 0.2) is 24.3 Å². The van der Waals surface area contributed by atoms with Crippen LogP contribution >= 0.6 is 11.3 Å². The molecule has 0 unspecified atom stereocenters. The lowest BCUT2D eigenvalue weighted by atomic mass is 10.1. The van der Waals surface area contributed by atoms with Crippen molar-refractivity contribution in [3.63, 3.8) is 0 Å². The molecule has 1 aromatic heterocycles. The van der Waals surface area contributed by atoms with E-state index >= 15 is 0 Å². The standard InChI is InChI=1S/C18H22N2O2S/c1-12-3-5-15(6-4-12)18-16(23-13(2)20-18)9-17(21)19-10-14-7-8-22-11-14/h3-6,14H,7-11H2,1-2H3,(H,19,21)/t14-/m1/s1. The van der Waals surface area contributed by atoms with E-state index in [1.165, 1.54) is 5.56 Å². The van der Waals surface area contributed by atoms with Crippen molar-refractivity contribution in [2.45, 2.75) is 26.7 Å². The fraction of sp³-hybridized carbons (Fsp3) is 0.444. The number of hydrogen-bond acceptors (Lipinski definition) is 4. The largest absolute Gasteiger partial charge is 0.381 e. The van der Waals surface area contributed by atoms with Gasteiger partial charge in [0.2, 0.25) is 5.91 Å². The van der Waals surface area contributed by atoms with Crippen LogP contribution in [0.2, 0.25) is 0 Å². The quantitative estimate of drug-likeness (QED) is 0.916. The van der Waals surface area contributed by atoms with Crippen molar-refractivity contribution >= 4 is 17.2 Å². The van der Waals surface area contributed by atoms with Crippen LogP contribution in [0.5, 0.6) is 0 Å². The lowest BCUT2D eigenvalue weighted by Gasteiger charge is -2.09. The number of carbonyl (C=O) groups excluding carboxylic acids is 1. The number of nitrogens with one attached hydrogen (secondary N) is 1. The molecule has 1 aliphatic rings.